The minimum absolute atomic E-state index is 0.0341. The van der Waals surface area contributed by atoms with Crippen molar-refractivity contribution in [1.82, 2.24) is 0 Å². The summed E-state index contributed by atoms with van der Waals surface area (Å²) in [5.41, 5.74) is 0.704. The molecule has 0 aliphatic carbocycles. The van der Waals surface area contributed by atoms with E-state index in [1.54, 1.807) is 43.5 Å². The van der Waals surface area contributed by atoms with Crippen LogP contribution in [0.3, 0.4) is 0 Å². The van der Waals surface area contributed by atoms with Gasteiger partial charge in [0.2, 0.25) is 0 Å². The third-order valence-corrected chi connectivity index (χ3v) is 3.09. The molecule has 5 heteroatoms. The van der Waals surface area contributed by atoms with E-state index in [1.165, 1.54) is 0 Å². The van der Waals surface area contributed by atoms with Crippen LogP contribution >= 0.6 is 15.9 Å². The predicted octanol–water partition coefficient (Wildman–Crippen LogP) is 3.48. The molecule has 1 amide bonds. The molecule has 104 valence electrons. The summed E-state index contributed by atoms with van der Waals surface area (Å²) in [5, 5.41) is 2.75. The van der Waals surface area contributed by atoms with Gasteiger partial charge in [-0.1, -0.05) is 15.9 Å². The molecule has 20 heavy (non-hydrogen) atoms. The van der Waals surface area contributed by atoms with Gasteiger partial charge in [-0.3, -0.25) is 4.79 Å². The van der Waals surface area contributed by atoms with Crippen molar-refractivity contribution in [2.75, 3.05) is 19.0 Å². The molecule has 0 radical (unpaired) electrons. The highest BCUT2D eigenvalue weighted by molar-refractivity contribution is 9.10. The van der Waals surface area contributed by atoms with Crippen LogP contribution in [0.4, 0.5) is 5.69 Å². The molecule has 0 atom stereocenters. The Balaban J connectivity index is 1.84. The van der Waals surface area contributed by atoms with Crippen molar-refractivity contribution < 1.29 is 14.3 Å². The van der Waals surface area contributed by atoms with E-state index in [0.29, 0.717) is 11.4 Å². The largest absolute Gasteiger partial charge is 0.497 e. The Labute approximate surface area is 125 Å². The summed E-state index contributed by atoms with van der Waals surface area (Å²) in [5.74, 6) is 1.19. The average molecular weight is 336 g/mol. The second-order valence-electron chi connectivity index (χ2n) is 4.02. The number of nitrogens with one attached hydrogen (secondary N) is 1. The first-order valence-electron chi connectivity index (χ1n) is 5.99. The van der Waals surface area contributed by atoms with E-state index in [9.17, 15) is 4.79 Å². The third kappa shape index (κ3) is 4.28. The van der Waals surface area contributed by atoms with Gasteiger partial charge in [-0.2, -0.15) is 0 Å². The van der Waals surface area contributed by atoms with Gasteiger partial charge in [-0.15, -0.1) is 0 Å². The number of carbonyl (C=O) groups excluding carboxylic acids is 1. The van der Waals surface area contributed by atoms with Crippen LogP contribution in [0.2, 0.25) is 0 Å². The standard InChI is InChI=1S/C15H14BrNO3/c1-19-13-8-4-12(5-9-13)17-15(18)10-20-14-6-2-11(16)3-7-14/h2-9H,10H2,1H3,(H,17,18). The van der Waals surface area contributed by atoms with E-state index < -0.39 is 0 Å². The Hall–Kier alpha value is -2.01. The van der Waals surface area contributed by atoms with Crippen molar-refractivity contribution in [3.63, 3.8) is 0 Å². The Bertz CT molecular complexity index is 567. The van der Waals surface area contributed by atoms with Gasteiger partial charge in [0.1, 0.15) is 11.5 Å². The lowest BCUT2D eigenvalue weighted by Crippen LogP contribution is -2.20. The van der Waals surface area contributed by atoms with Gasteiger partial charge in [0, 0.05) is 10.2 Å². The SMILES string of the molecule is COc1ccc(NC(=O)COc2ccc(Br)cc2)cc1. The molecule has 0 spiro atoms. The van der Waals surface area contributed by atoms with Gasteiger partial charge in [-0.05, 0) is 48.5 Å². The second kappa shape index (κ2) is 6.96. The fourth-order valence-electron chi connectivity index (χ4n) is 1.55. The lowest BCUT2D eigenvalue weighted by molar-refractivity contribution is -0.118. The minimum atomic E-state index is -0.210. The summed E-state index contributed by atoms with van der Waals surface area (Å²) in [7, 11) is 1.60. The molecule has 2 rings (SSSR count). The number of anilines is 1. The van der Waals surface area contributed by atoms with E-state index in [2.05, 4.69) is 21.2 Å². The molecular formula is C15H14BrNO3. The average Bonchev–Trinajstić information content (AvgIpc) is 2.47. The molecule has 0 unspecified atom stereocenters. The highest BCUT2D eigenvalue weighted by Gasteiger charge is 2.04. The molecule has 0 saturated carbocycles. The summed E-state index contributed by atoms with van der Waals surface area (Å²) < 4.78 is 11.4. The van der Waals surface area contributed by atoms with E-state index in [1.807, 2.05) is 12.1 Å². The summed E-state index contributed by atoms with van der Waals surface area (Å²) in [6.45, 7) is -0.0341. The van der Waals surface area contributed by atoms with E-state index in [-0.39, 0.29) is 12.5 Å². The van der Waals surface area contributed by atoms with E-state index in [4.69, 9.17) is 9.47 Å². The second-order valence-corrected chi connectivity index (χ2v) is 4.93. The van der Waals surface area contributed by atoms with Crippen LogP contribution in [0.5, 0.6) is 11.5 Å². The maximum absolute atomic E-state index is 11.7. The fraction of sp³-hybridized carbons (Fsp3) is 0.133. The van der Waals surface area contributed by atoms with Gasteiger partial charge in [0.25, 0.3) is 5.91 Å². The topological polar surface area (TPSA) is 47.6 Å². The maximum atomic E-state index is 11.7. The Morgan fingerprint density at radius 3 is 2.25 bits per heavy atom. The van der Waals surface area contributed by atoms with Crippen LogP contribution in [-0.2, 0) is 4.79 Å². The van der Waals surface area contributed by atoms with Crippen molar-refractivity contribution in [3.8, 4) is 11.5 Å². The lowest BCUT2D eigenvalue weighted by Gasteiger charge is -2.08. The molecular weight excluding hydrogens is 322 g/mol. The molecule has 2 aromatic carbocycles. The quantitative estimate of drug-likeness (QED) is 0.909. The van der Waals surface area contributed by atoms with Gasteiger partial charge in [-0.25, -0.2) is 0 Å². The Morgan fingerprint density at radius 2 is 1.65 bits per heavy atom. The van der Waals surface area contributed by atoms with Crippen molar-refractivity contribution in [3.05, 3.63) is 53.0 Å². The van der Waals surface area contributed by atoms with Crippen LogP contribution in [-0.4, -0.2) is 19.6 Å². The molecule has 2 aromatic rings. The summed E-state index contributed by atoms with van der Waals surface area (Å²) in [4.78, 5) is 11.7. The first kappa shape index (κ1) is 14.4. The monoisotopic (exact) mass is 335 g/mol. The first-order valence-corrected chi connectivity index (χ1v) is 6.79. The molecule has 0 bridgehead atoms. The van der Waals surface area contributed by atoms with E-state index in [0.717, 1.165) is 10.2 Å². The zero-order valence-electron chi connectivity index (χ0n) is 10.9. The summed E-state index contributed by atoms with van der Waals surface area (Å²) >= 11 is 3.34. The van der Waals surface area contributed by atoms with E-state index >= 15 is 0 Å². The number of rotatable bonds is 5. The van der Waals surface area contributed by atoms with Crippen molar-refractivity contribution in [2.45, 2.75) is 0 Å². The number of hydrogen-bond donors (Lipinski definition) is 1. The molecule has 0 aromatic heterocycles. The van der Waals surface area contributed by atoms with Crippen molar-refractivity contribution in [2.24, 2.45) is 0 Å². The number of methoxy groups -OCH3 is 1. The molecule has 0 heterocycles. The zero-order chi connectivity index (χ0) is 14.4. The smallest absolute Gasteiger partial charge is 0.262 e. The molecule has 0 aliphatic rings. The Kier molecular flexibility index (Phi) is 5.01. The lowest BCUT2D eigenvalue weighted by atomic mass is 10.3. The number of carbonyl (C=O) groups is 1. The minimum Gasteiger partial charge on any atom is -0.497 e. The van der Waals surface area contributed by atoms with Crippen LogP contribution in [0.25, 0.3) is 0 Å². The summed E-state index contributed by atoms with van der Waals surface area (Å²) in [6.07, 6.45) is 0. The van der Waals surface area contributed by atoms with Gasteiger partial charge < -0.3 is 14.8 Å². The molecule has 0 aliphatic heterocycles. The number of hydrogen-bond acceptors (Lipinski definition) is 3. The highest BCUT2D eigenvalue weighted by atomic mass is 79.9. The number of halogens is 1. The Morgan fingerprint density at radius 1 is 1.05 bits per heavy atom. The van der Waals surface area contributed by atoms with Crippen LogP contribution < -0.4 is 14.8 Å². The van der Waals surface area contributed by atoms with Crippen LogP contribution in [0.1, 0.15) is 0 Å². The predicted molar refractivity (Wildman–Crippen MR) is 81.3 cm³/mol. The normalized spacial score (nSPS) is 9.90. The molecule has 0 fully saturated rings. The maximum Gasteiger partial charge on any atom is 0.262 e. The third-order valence-electron chi connectivity index (χ3n) is 2.56. The van der Waals surface area contributed by atoms with Crippen LogP contribution in [0, 0.1) is 0 Å². The number of benzene rings is 2. The zero-order valence-corrected chi connectivity index (χ0v) is 12.5. The number of ether oxygens (including phenoxy) is 2. The van der Waals surface area contributed by atoms with Crippen LogP contribution in [0.15, 0.2) is 53.0 Å². The first-order chi connectivity index (χ1) is 9.67. The van der Waals surface area contributed by atoms with Gasteiger partial charge in [0.15, 0.2) is 6.61 Å². The number of amides is 1. The van der Waals surface area contributed by atoms with Crippen molar-refractivity contribution in [1.29, 1.82) is 0 Å². The summed E-state index contributed by atoms with van der Waals surface area (Å²) in [6, 6.07) is 14.4. The molecule has 0 saturated heterocycles. The molecule has 1 N–H and O–H groups in total. The van der Waals surface area contributed by atoms with Gasteiger partial charge in [0.05, 0.1) is 7.11 Å². The van der Waals surface area contributed by atoms with Crippen molar-refractivity contribution >= 4 is 27.5 Å². The molecule has 4 nitrogen and oxygen atoms in total. The highest BCUT2D eigenvalue weighted by Crippen LogP contribution is 2.17. The van der Waals surface area contributed by atoms with Gasteiger partial charge >= 0.3 is 0 Å². The fourth-order valence-corrected chi connectivity index (χ4v) is 1.82.